The van der Waals surface area contributed by atoms with E-state index in [0.717, 1.165) is 27.9 Å². The third kappa shape index (κ3) is 5.07. The van der Waals surface area contributed by atoms with Crippen LogP contribution in [0.4, 0.5) is 0 Å². The largest absolute Gasteiger partial charge is 0.474 e. The van der Waals surface area contributed by atoms with Crippen molar-refractivity contribution in [3.05, 3.63) is 59.7 Å². The zero-order valence-corrected chi connectivity index (χ0v) is 20.1. The Hall–Kier alpha value is -3.79. The second kappa shape index (κ2) is 9.60. The molecule has 3 heterocycles. The van der Waals surface area contributed by atoms with Crippen molar-refractivity contribution in [3.63, 3.8) is 0 Å². The number of fused-ring (bicyclic) bond motifs is 1. The average Bonchev–Trinajstić information content (AvgIpc) is 3.47. The molecule has 3 aromatic heterocycles. The van der Waals surface area contributed by atoms with Crippen LogP contribution in [-0.4, -0.2) is 55.8 Å². The van der Waals surface area contributed by atoms with Crippen molar-refractivity contribution in [2.45, 2.75) is 39.8 Å². The highest BCUT2D eigenvalue weighted by Gasteiger charge is 2.18. The topological polar surface area (TPSA) is 108 Å². The normalized spacial score (nSPS) is 11.7. The van der Waals surface area contributed by atoms with Crippen LogP contribution in [0.1, 0.15) is 42.4 Å². The van der Waals surface area contributed by atoms with Crippen molar-refractivity contribution in [1.82, 2.24) is 34.9 Å². The van der Waals surface area contributed by atoms with E-state index in [1.807, 2.05) is 52.0 Å². The number of methoxy groups -OCH3 is 1. The number of carbonyl (C=O) groups excluding carboxylic acids is 1. The van der Waals surface area contributed by atoms with E-state index in [1.165, 1.54) is 0 Å². The Labute approximate surface area is 197 Å². The minimum atomic E-state index is -0.262. The highest BCUT2D eigenvalue weighted by atomic mass is 16.5. The van der Waals surface area contributed by atoms with Crippen LogP contribution in [0.15, 0.2) is 42.9 Å². The van der Waals surface area contributed by atoms with Gasteiger partial charge in [0.05, 0.1) is 36.3 Å². The fourth-order valence-electron chi connectivity index (χ4n) is 3.42. The molecule has 0 fully saturated rings. The van der Waals surface area contributed by atoms with E-state index in [2.05, 4.69) is 20.7 Å². The van der Waals surface area contributed by atoms with Crippen LogP contribution in [0.5, 0.6) is 5.88 Å². The van der Waals surface area contributed by atoms with Crippen molar-refractivity contribution in [1.29, 1.82) is 0 Å². The first-order valence-corrected chi connectivity index (χ1v) is 11.0. The Kier molecular flexibility index (Phi) is 6.60. The van der Waals surface area contributed by atoms with Crippen LogP contribution in [0.25, 0.3) is 16.8 Å². The summed E-state index contributed by atoms with van der Waals surface area (Å²) in [5.41, 5.74) is 4.66. The lowest BCUT2D eigenvalue weighted by Gasteiger charge is -2.17. The second-order valence-electron chi connectivity index (χ2n) is 8.97. The fraction of sp³-hybridized carbons (Fsp3) is 0.375. The summed E-state index contributed by atoms with van der Waals surface area (Å²) in [6.07, 6.45) is 5.14. The van der Waals surface area contributed by atoms with Crippen LogP contribution >= 0.6 is 0 Å². The van der Waals surface area contributed by atoms with Crippen LogP contribution in [0.3, 0.4) is 0 Å². The van der Waals surface area contributed by atoms with E-state index in [4.69, 9.17) is 14.5 Å². The van der Waals surface area contributed by atoms with Gasteiger partial charge in [-0.1, -0.05) is 17.3 Å². The predicted octanol–water partition coefficient (Wildman–Crippen LogP) is 3.01. The molecule has 1 amide bonds. The summed E-state index contributed by atoms with van der Waals surface area (Å²) in [5.74, 6) is 0.211. The van der Waals surface area contributed by atoms with Gasteiger partial charge in [-0.25, -0.2) is 14.2 Å². The van der Waals surface area contributed by atoms with Gasteiger partial charge in [0.25, 0.3) is 5.91 Å². The van der Waals surface area contributed by atoms with Gasteiger partial charge in [0, 0.05) is 19.2 Å². The molecular weight excluding hydrogens is 434 g/mol. The third-order valence-electron chi connectivity index (χ3n) is 5.37. The molecule has 1 N–H and O–H groups in total. The minimum Gasteiger partial charge on any atom is -0.474 e. The lowest BCUT2D eigenvalue weighted by Crippen LogP contribution is -2.24. The van der Waals surface area contributed by atoms with Gasteiger partial charge in [-0.2, -0.15) is 5.10 Å². The van der Waals surface area contributed by atoms with Crippen LogP contribution in [0, 0.1) is 6.92 Å². The molecule has 4 rings (SSSR count). The third-order valence-corrected chi connectivity index (χ3v) is 5.37. The van der Waals surface area contributed by atoms with Gasteiger partial charge in [-0.3, -0.25) is 4.79 Å². The molecule has 0 unspecified atom stereocenters. The molecule has 10 nitrogen and oxygen atoms in total. The summed E-state index contributed by atoms with van der Waals surface area (Å²) in [6.45, 7) is 9.26. The van der Waals surface area contributed by atoms with Gasteiger partial charge in [0.1, 0.15) is 12.3 Å². The van der Waals surface area contributed by atoms with Gasteiger partial charge < -0.3 is 14.8 Å². The number of hydrogen-bond acceptors (Lipinski definition) is 7. The van der Waals surface area contributed by atoms with Crippen molar-refractivity contribution in [2.24, 2.45) is 0 Å². The Morgan fingerprint density at radius 3 is 2.68 bits per heavy atom. The van der Waals surface area contributed by atoms with Gasteiger partial charge in [-0.15, -0.1) is 5.10 Å². The lowest BCUT2D eigenvalue weighted by molar-refractivity contribution is 0.0945. The second-order valence-corrected chi connectivity index (χ2v) is 8.97. The number of hydrogen-bond donors (Lipinski definition) is 1. The van der Waals surface area contributed by atoms with E-state index in [-0.39, 0.29) is 11.4 Å². The summed E-state index contributed by atoms with van der Waals surface area (Å²) in [7, 11) is 1.63. The first kappa shape index (κ1) is 23.4. The van der Waals surface area contributed by atoms with E-state index >= 15 is 0 Å². The maximum Gasteiger partial charge on any atom is 0.273 e. The molecule has 4 aromatic rings. The van der Waals surface area contributed by atoms with Gasteiger partial charge in [0.2, 0.25) is 5.88 Å². The zero-order valence-electron chi connectivity index (χ0n) is 20.1. The number of rotatable bonds is 8. The first-order chi connectivity index (χ1) is 16.3. The molecule has 0 aliphatic carbocycles. The van der Waals surface area contributed by atoms with Crippen molar-refractivity contribution in [2.75, 3.05) is 20.3 Å². The summed E-state index contributed by atoms with van der Waals surface area (Å²) in [5, 5.41) is 15.3. The fourth-order valence-corrected chi connectivity index (χ4v) is 3.42. The molecular formula is C24H29N7O3. The summed E-state index contributed by atoms with van der Waals surface area (Å²) >= 11 is 0. The Bertz CT molecular complexity index is 1300. The highest BCUT2D eigenvalue weighted by molar-refractivity contribution is 5.91. The molecule has 178 valence electrons. The summed E-state index contributed by atoms with van der Waals surface area (Å²) in [6, 6.07) is 7.93. The van der Waals surface area contributed by atoms with E-state index < -0.39 is 0 Å². The SMILES string of the molecule is COCCOc1cn2nccc2c(-c2ccc(CNC(=O)c3cn(C(C)(C)C)nn3)c(C)c2)n1. The number of nitrogens with zero attached hydrogens (tertiary/aromatic N) is 6. The Morgan fingerprint density at radius 1 is 1.15 bits per heavy atom. The predicted molar refractivity (Wildman–Crippen MR) is 127 cm³/mol. The van der Waals surface area contributed by atoms with Crippen molar-refractivity contribution < 1.29 is 14.3 Å². The molecule has 0 saturated carbocycles. The quantitative estimate of drug-likeness (QED) is 0.400. The van der Waals surface area contributed by atoms with E-state index in [0.29, 0.717) is 31.3 Å². The van der Waals surface area contributed by atoms with Gasteiger partial charge in [-0.05, 0) is 51.0 Å². The average molecular weight is 464 g/mol. The molecule has 0 aliphatic heterocycles. The number of benzene rings is 1. The smallest absolute Gasteiger partial charge is 0.273 e. The van der Waals surface area contributed by atoms with Gasteiger partial charge >= 0.3 is 0 Å². The number of ether oxygens (including phenoxy) is 2. The van der Waals surface area contributed by atoms with Crippen molar-refractivity contribution >= 4 is 11.4 Å². The molecule has 0 aliphatic rings. The number of nitrogens with one attached hydrogen (secondary N) is 1. The molecule has 0 spiro atoms. The molecule has 10 heteroatoms. The Morgan fingerprint density at radius 2 is 1.97 bits per heavy atom. The maximum atomic E-state index is 12.6. The van der Waals surface area contributed by atoms with E-state index in [9.17, 15) is 4.79 Å². The highest BCUT2D eigenvalue weighted by Crippen LogP contribution is 2.27. The van der Waals surface area contributed by atoms with Crippen LogP contribution in [0.2, 0.25) is 0 Å². The van der Waals surface area contributed by atoms with Crippen molar-refractivity contribution in [3.8, 4) is 17.1 Å². The first-order valence-electron chi connectivity index (χ1n) is 11.0. The van der Waals surface area contributed by atoms with Crippen LogP contribution < -0.4 is 10.1 Å². The summed E-state index contributed by atoms with van der Waals surface area (Å²) < 4.78 is 14.2. The number of amides is 1. The van der Waals surface area contributed by atoms with Crippen LogP contribution in [-0.2, 0) is 16.8 Å². The molecule has 0 atom stereocenters. The van der Waals surface area contributed by atoms with E-state index in [1.54, 1.807) is 34.9 Å². The molecule has 1 aromatic carbocycles. The molecule has 34 heavy (non-hydrogen) atoms. The lowest BCUT2D eigenvalue weighted by atomic mass is 10.0. The molecule has 0 radical (unpaired) electrons. The van der Waals surface area contributed by atoms with Gasteiger partial charge in [0.15, 0.2) is 5.69 Å². The summed E-state index contributed by atoms with van der Waals surface area (Å²) in [4.78, 5) is 17.2. The monoisotopic (exact) mass is 463 g/mol. The zero-order chi connectivity index (χ0) is 24.3. The number of aryl methyl sites for hydroxylation is 1. The maximum absolute atomic E-state index is 12.6. The minimum absolute atomic E-state index is 0.237. The number of aromatic nitrogens is 6. The molecule has 0 saturated heterocycles. The Balaban J connectivity index is 1.51. The molecule has 0 bridgehead atoms. The number of carbonyl (C=O) groups is 1. The standard InChI is InChI=1S/C24H29N7O3/c1-16-12-17(22-20-8-9-26-30(20)15-21(27-22)34-11-10-33-5)6-7-18(16)13-25-23(32)19-14-31(29-28-19)24(2,3)4/h6-9,12,14-15H,10-11,13H2,1-5H3,(H,25,32).